The first-order chi connectivity index (χ1) is 12.3. The fraction of sp³-hybridized carbons (Fsp3) is 0.222. The fourth-order valence-electron chi connectivity index (χ4n) is 2.79. The highest BCUT2D eigenvalue weighted by atomic mass is 19.4. The fourth-order valence-corrected chi connectivity index (χ4v) is 2.79. The van der Waals surface area contributed by atoms with Gasteiger partial charge >= 0.3 is 6.18 Å². The Balaban J connectivity index is 1.86. The second-order valence-electron chi connectivity index (χ2n) is 5.71. The Morgan fingerprint density at radius 1 is 1.08 bits per heavy atom. The van der Waals surface area contributed by atoms with Gasteiger partial charge in [-0.15, -0.1) is 0 Å². The van der Waals surface area contributed by atoms with Crippen LogP contribution in [-0.4, -0.2) is 25.0 Å². The number of carbonyl (C=O) groups excluding carboxylic acids is 2. The second-order valence-corrected chi connectivity index (χ2v) is 5.71. The molecule has 1 N–H and O–H groups in total. The summed E-state index contributed by atoms with van der Waals surface area (Å²) in [5, 5.41) is 2.88. The molecule has 2 amide bonds. The summed E-state index contributed by atoms with van der Waals surface area (Å²) in [6.45, 7) is 0. The van der Waals surface area contributed by atoms with Crippen molar-refractivity contribution < 1.29 is 27.5 Å². The van der Waals surface area contributed by atoms with Crippen LogP contribution in [0.5, 0.6) is 5.75 Å². The number of ether oxygens (including phenoxy) is 1. The molecule has 1 heterocycles. The molecule has 1 atom stereocenters. The summed E-state index contributed by atoms with van der Waals surface area (Å²) in [6, 6.07) is 10.2. The molecule has 2 aromatic carbocycles. The van der Waals surface area contributed by atoms with E-state index in [4.69, 9.17) is 4.74 Å². The number of anilines is 2. The summed E-state index contributed by atoms with van der Waals surface area (Å²) in [7, 11) is 1.51. The van der Waals surface area contributed by atoms with E-state index in [2.05, 4.69) is 5.32 Å². The molecule has 8 heteroatoms. The lowest BCUT2D eigenvalue weighted by Crippen LogP contribution is -2.36. The van der Waals surface area contributed by atoms with Gasteiger partial charge in [0, 0.05) is 5.69 Å². The third-order valence-electron chi connectivity index (χ3n) is 4.03. The van der Waals surface area contributed by atoms with Gasteiger partial charge in [-0.25, -0.2) is 4.90 Å². The second kappa shape index (κ2) is 6.70. The van der Waals surface area contributed by atoms with E-state index in [1.165, 1.54) is 19.2 Å². The number of hydrogen-bond acceptors (Lipinski definition) is 4. The maximum atomic E-state index is 13.2. The van der Waals surface area contributed by atoms with E-state index in [1.54, 1.807) is 24.3 Å². The predicted molar refractivity (Wildman–Crippen MR) is 89.0 cm³/mol. The Kier molecular flexibility index (Phi) is 4.58. The van der Waals surface area contributed by atoms with E-state index in [1.807, 2.05) is 0 Å². The van der Waals surface area contributed by atoms with E-state index in [-0.39, 0.29) is 6.42 Å². The minimum Gasteiger partial charge on any atom is -0.497 e. The SMILES string of the molecule is COc1ccc(N[C@@H]2CC(=O)N(c3ccccc3C(F)(F)F)C2=O)cc1. The Bertz CT molecular complexity index is 834. The van der Waals surface area contributed by atoms with Gasteiger partial charge in [-0.1, -0.05) is 12.1 Å². The molecule has 0 aliphatic carbocycles. The van der Waals surface area contributed by atoms with Crippen molar-refractivity contribution in [3.05, 3.63) is 54.1 Å². The van der Waals surface area contributed by atoms with Crippen LogP contribution < -0.4 is 15.0 Å². The summed E-state index contributed by atoms with van der Waals surface area (Å²) >= 11 is 0. The lowest BCUT2D eigenvalue weighted by molar-refractivity contribution is -0.137. The molecular formula is C18H15F3N2O3. The van der Waals surface area contributed by atoms with Crippen molar-refractivity contribution in [3.63, 3.8) is 0 Å². The number of alkyl halides is 3. The van der Waals surface area contributed by atoms with Gasteiger partial charge in [-0.2, -0.15) is 13.2 Å². The number of carbonyl (C=O) groups is 2. The summed E-state index contributed by atoms with van der Waals surface area (Å²) in [5.41, 5.74) is -0.913. The summed E-state index contributed by atoms with van der Waals surface area (Å²) in [6.07, 6.45) is -4.89. The smallest absolute Gasteiger partial charge is 0.418 e. The van der Waals surface area contributed by atoms with Crippen LogP contribution in [0.15, 0.2) is 48.5 Å². The number of nitrogens with one attached hydrogen (secondary N) is 1. The van der Waals surface area contributed by atoms with Gasteiger partial charge in [0.1, 0.15) is 11.8 Å². The Morgan fingerprint density at radius 3 is 2.35 bits per heavy atom. The molecule has 1 saturated heterocycles. The topological polar surface area (TPSA) is 58.6 Å². The molecule has 2 aromatic rings. The third-order valence-corrected chi connectivity index (χ3v) is 4.03. The van der Waals surface area contributed by atoms with Crippen LogP contribution in [-0.2, 0) is 15.8 Å². The summed E-state index contributed by atoms with van der Waals surface area (Å²) < 4.78 is 44.6. The van der Waals surface area contributed by atoms with Gasteiger partial charge in [0.05, 0.1) is 24.8 Å². The van der Waals surface area contributed by atoms with Gasteiger partial charge < -0.3 is 10.1 Å². The van der Waals surface area contributed by atoms with Gasteiger partial charge in [0.2, 0.25) is 5.91 Å². The van der Waals surface area contributed by atoms with Crippen LogP contribution in [0.3, 0.4) is 0 Å². The number of amides is 2. The number of methoxy groups -OCH3 is 1. The van der Waals surface area contributed by atoms with Crippen molar-refractivity contribution in [1.82, 2.24) is 0 Å². The Morgan fingerprint density at radius 2 is 1.73 bits per heavy atom. The highest BCUT2D eigenvalue weighted by Crippen LogP contribution is 2.38. The largest absolute Gasteiger partial charge is 0.497 e. The number of para-hydroxylation sites is 1. The quantitative estimate of drug-likeness (QED) is 0.845. The van der Waals surface area contributed by atoms with Crippen LogP contribution >= 0.6 is 0 Å². The average Bonchev–Trinajstić information content (AvgIpc) is 2.88. The zero-order chi connectivity index (χ0) is 18.9. The van der Waals surface area contributed by atoms with E-state index in [9.17, 15) is 22.8 Å². The van der Waals surface area contributed by atoms with Crippen LogP contribution in [0.25, 0.3) is 0 Å². The van der Waals surface area contributed by atoms with Crippen molar-refractivity contribution in [3.8, 4) is 5.75 Å². The number of hydrogen-bond donors (Lipinski definition) is 1. The van der Waals surface area contributed by atoms with Gasteiger partial charge in [0.15, 0.2) is 0 Å². The number of nitrogens with zero attached hydrogens (tertiary/aromatic N) is 1. The minimum absolute atomic E-state index is 0.225. The first-order valence-corrected chi connectivity index (χ1v) is 7.75. The Labute approximate surface area is 147 Å². The zero-order valence-corrected chi connectivity index (χ0v) is 13.7. The number of benzene rings is 2. The highest BCUT2D eigenvalue weighted by Gasteiger charge is 2.44. The van der Waals surface area contributed by atoms with Gasteiger partial charge in [0.25, 0.3) is 5.91 Å². The monoisotopic (exact) mass is 364 g/mol. The minimum atomic E-state index is -4.67. The van der Waals surface area contributed by atoms with Crippen molar-refractivity contribution in [2.75, 3.05) is 17.3 Å². The molecule has 26 heavy (non-hydrogen) atoms. The lowest BCUT2D eigenvalue weighted by Gasteiger charge is -2.20. The molecule has 3 rings (SSSR count). The molecule has 0 saturated carbocycles. The van der Waals surface area contributed by atoms with Crippen molar-refractivity contribution in [1.29, 1.82) is 0 Å². The van der Waals surface area contributed by atoms with E-state index in [0.717, 1.165) is 12.1 Å². The van der Waals surface area contributed by atoms with E-state index in [0.29, 0.717) is 16.3 Å². The number of rotatable bonds is 4. The maximum Gasteiger partial charge on any atom is 0.418 e. The lowest BCUT2D eigenvalue weighted by atomic mass is 10.1. The molecule has 1 aliphatic heterocycles. The van der Waals surface area contributed by atoms with Crippen molar-refractivity contribution in [2.24, 2.45) is 0 Å². The van der Waals surface area contributed by atoms with Gasteiger partial charge in [-0.3, -0.25) is 9.59 Å². The molecule has 1 aliphatic rings. The standard InChI is InChI=1S/C18H15F3N2O3/c1-26-12-8-6-11(7-9-12)22-14-10-16(24)23(17(14)25)15-5-3-2-4-13(15)18(19,20)21/h2-9,14,22H,10H2,1H3/t14-/m1/s1. The van der Waals surface area contributed by atoms with Crippen LogP contribution in [0.1, 0.15) is 12.0 Å². The average molecular weight is 364 g/mol. The third kappa shape index (κ3) is 3.35. The Hall–Kier alpha value is -3.03. The molecule has 5 nitrogen and oxygen atoms in total. The molecule has 0 radical (unpaired) electrons. The molecule has 1 fully saturated rings. The van der Waals surface area contributed by atoms with Crippen molar-refractivity contribution in [2.45, 2.75) is 18.6 Å². The van der Waals surface area contributed by atoms with Gasteiger partial charge in [-0.05, 0) is 36.4 Å². The first kappa shape index (κ1) is 17.8. The van der Waals surface area contributed by atoms with Crippen molar-refractivity contribution >= 4 is 23.2 Å². The first-order valence-electron chi connectivity index (χ1n) is 7.75. The maximum absolute atomic E-state index is 13.2. The predicted octanol–water partition coefficient (Wildman–Crippen LogP) is 3.46. The molecule has 0 unspecified atom stereocenters. The van der Waals surface area contributed by atoms with E-state index < -0.39 is 35.3 Å². The molecular weight excluding hydrogens is 349 g/mol. The van der Waals surface area contributed by atoms with Crippen LogP contribution in [0, 0.1) is 0 Å². The molecule has 136 valence electrons. The van der Waals surface area contributed by atoms with Crippen LogP contribution in [0.2, 0.25) is 0 Å². The van der Waals surface area contributed by atoms with E-state index >= 15 is 0 Å². The van der Waals surface area contributed by atoms with Crippen LogP contribution in [0.4, 0.5) is 24.5 Å². The molecule has 0 aromatic heterocycles. The highest BCUT2D eigenvalue weighted by molar-refractivity contribution is 6.23. The molecule has 0 spiro atoms. The zero-order valence-electron chi connectivity index (χ0n) is 13.7. The normalized spacial score (nSPS) is 17.5. The summed E-state index contributed by atoms with van der Waals surface area (Å²) in [4.78, 5) is 25.4. The number of imide groups is 1. The number of halogens is 3. The molecule has 0 bridgehead atoms. The summed E-state index contributed by atoms with van der Waals surface area (Å²) in [5.74, 6) is -0.787.